The van der Waals surface area contributed by atoms with Gasteiger partial charge in [-0.15, -0.1) is 12.3 Å². The second-order valence-corrected chi connectivity index (χ2v) is 6.73. The lowest BCUT2D eigenvalue weighted by molar-refractivity contribution is -0.125. The Morgan fingerprint density at radius 3 is 2.45 bits per heavy atom. The van der Waals surface area contributed by atoms with Gasteiger partial charge in [0.25, 0.3) is 0 Å². The highest BCUT2D eigenvalue weighted by atomic mass is 16.1. The first-order valence-electron chi connectivity index (χ1n) is 8.28. The molecule has 2 nitrogen and oxygen atoms in total. The van der Waals surface area contributed by atoms with E-state index in [9.17, 15) is 4.79 Å². The Labute approximate surface area is 125 Å². The van der Waals surface area contributed by atoms with Gasteiger partial charge in [-0.25, -0.2) is 0 Å². The molecule has 114 valence electrons. The molecule has 0 radical (unpaired) electrons. The second-order valence-electron chi connectivity index (χ2n) is 6.73. The van der Waals surface area contributed by atoms with Crippen LogP contribution in [0.5, 0.6) is 0 Å². The molecule has 1 N–H and O–H groups in total. The van der Waals surface area contributed by atoms with E-state index >= 15 is 0 Å². The molecular formula is C18H31NO. The number of rotatable bonds is 7. The van der Waals surface area contributed by atoms with Crippen molar-refractivity contribution in [3.05, 3.63) is 0 Å². The van der Waals surface area contributed by atoms with E-state index in [0.717, 1.165) is 25.2 Å². The summed E-state index contributed by atoms with van der Waals surface area (Å²) in [4.78, 5) is 12.0. The van der Waals surface area contributed by atoms with E-state index in [0.29, 0.717) is 12.0 Å². The standard InChI is InChI=1S/C18H31NO/c1-5-6-10-15(4)17(19-18(20)14(2)3)13-16-11-8-7-9-12-16/h1,14-17H,6-13H2,2-4H3,(H,19,20)/t15?,17-/m0/s1. The number of terminal acetylenes is 1. The topological polar surface area (TPSA) is 29.1 Å². The molecule has 0 spiro atoms. The first-order chi connectivity index (χ1) is 9.54. The molecule has 1 rings (SSSR count). The molecular weight excluding hydrogens is 246 g/mol. The molecule has 1 aliphatic rings. The van der Waals surface area contributed by atoms with Crippen molar-refractivity contribution in [1.29, 1.82) is 0 Å². The zero-order valence-corrected chi connectivity index (χ0v) is 13.5. The smallest absolute Gasteiger partial charge is 0.222 e. The van der Waals surface area contributed by atoms with Gasteiger partial charge in [0.15, 0.2) is 0 Å². The zero-order chi connectivity index (χ0) is 15.0. The van der Waals surface area contributed by atoms with E-state index in [1.54, 1.807) is 0 Å². The first kappa shape index (κ1) is 17.1. The van der Waals surface area contributed by atoms with Crippen LogP contribution in [0.25, 0.3) is 0 Å². The highest BCUT2D eigenvalue weighted by Crippen LogP contribution is 2.29. The van der Waals surface area contributed by atoms with E-state index in [1.807, 2.05) is 13.8 Å². The number of nitrogens with one attached hydrogen (secondary N) is 1. The average molecular weight is 277 g/mol. The normalized spacial score (nSPS) is 19.4. The third-order valence-corrected chi connectivity index (χ3v) is 4.59. The van der Waals surface area contributed by atoms with Gasteiger partial charge in [0.1, 0.15) is 0 Å². The molecule has 2 heteroatoms. The molecule has 0 aromatic rings. The van der Waals surface area contributed by atoms with Crippen molar-refractivity contribution in [3.8, 4) is 12.3 Å². The molecule has 0 aromatic carbocycles. The van der Waals surface area contributed by atoms with Crippen LogP contribution in [0.15, 0.2) is 0 Å². The second kappa shape index (κ2) is 9.06. The summed E-state index contributed by atoms with van der Waals surface area (Å²) in [5.74, 6) is 4.21. The molecule has 0 heterocycles. The number of hydrogen-bond acceptors (Lipinski definition) is 1. The van der Waals surface area contributed by atoms with E-state index < -0.39 is 0 Å². The molecule has 0 saturated heterocycles. The van der Waals surface area contributed by atoms with Crippen molar-refractivity contribution in [1.82, 2.24) is 5.32 Å². The monoisotopic (exact) mass is 277 g/mol. The van der Waals surface area contributed by atoms with Crippen LogP contribution in [0.3, 0.4) is 0 Å². The first-order valence-corrected chi connectivity index (χ1v) is 8.28. The summed E-state index contributed by atoms with van der Waals surface area (Å²) in [7, 11) is 0. The van der Waals surface area contributed by atoms with Crippen molar-refractivity contribution in [2.24, 2.45) is 17.8 Å². The highest BCUT2D eigenvalue weighted by molar-refractivity contribution is 5.78. The fourth-order valence-corrected chi connectivity index (χ4v) is 3.08. The van der Waals surface area contributed by atoms with Crippen LogP contribution in [-0.2, 0) is 4.79 Å². The molecule has 2 atom stereocenters. The van der Waals surface area contributed by atoms with Crippen LogP contribution in [0.2, 0.25) is 0 Å². The van der Waals surface area contributed by atoms with Crippen molar-refractivity contribution in [2.75, 3.05) is 0 Å². The van der Waals surface area contributed by atoms with Gasteiger partial charge in [-0.3, -0.25) is 4.79 Å². The molecule has 0 aliphatic heterocycles. The third-order valence-electron chi connectivity index (χ3n) is 4.59. The summed E-state index contributed by atoms with van der Waals surface area (Å²) in [5.41, 5.74) is 0. The SMILES string of the molecule is C#CCCC(C)[C@H](CC1CCCCC1)NC(=O)C(C)C. The maximum atomic E-state index is 12.0. The predicted octanol–water partition coefficient (Wildman–Crippen LogP) is 4.15. The number of carbonyl (C=O) groups is 1. The summed E-state index contributed by atoms with van der Waals surface area (Å²) in [5, 5.41) is 3.26. The summed E-state index contributed by atoms with van der Waals surface area (Å²) in [6.07, 6.45) is 15.1. The minimum absolute atomic E-state index is 0.0590. The Kier molecular flexibility index (Phi) is 7.73. The summed E-state index contributed by atoms with van der Waals surface area (Å²) >= 11 is 0. The van der Waals surface area contributed by atoms with Gasteiger partial charge in [-0.2, -0.15) is 0 Å². The van der Waals surface area contributed by atoms with Gasteiger partial charge in [0.05, 0.1) is 0 Å². The average Bonchev–Trinajstić information content (AvgIpc) is 2.44. The maximum absolute atomic E-state index is 12.0. The number of carbonyl (C=O) groups excluding carboxylic acids is 1. The summed E-state index contributed by atoms with van der Waals surface area (Å²) in [6, 6.07) is 0.293. The van der Waals surface area contributed by atoms with Crippen molar-refractivity contribution in [3.63, 3.8) is 0 Å². The largest absolute Gasteiger partial charge is 0.353 e. The van der Waals surface area contributed by atoms with Crippen molar-refractivity contribution in [2.45, 2.75) is 78.2 Å². The zero-order valence-electron chi connectivity index (χ0n) is 13.5. The summed E-state index contributed by atoms with van der Waals surface area (Å²) < 4.78 is 0. The molecule has 1 saturated carbocycles. The molecule has 20 heavy (non-hydrogen) atoms. The Bertz CT molecular complexity index is 323. The van der Waals surface area contributed by atoms with Crippen LogP contribution in [0.4, 0.5) is 0 Å². The maximum Gasteiger partial charge on any atom is 0.222 e. The van der Waals surface area contributed by atoms with Gasteiger partial charge in [-0.05, 0) is 24.7 Å². The van der Waals surface area contributed by atoms with Crippen LogP contribution in [0, 0.1) is 30.1 Å². The lowest BCUT2D eigenvalue weighted by Crippen LogP contribution is -2.42. The van der Waals surface area contributed by atoms with E-state index in [4.69, 9.17) is 6.42 Å². The van der Waals surface area contributed by atoms with Gasteiger partial charge in [-0.1, -0.05) is 52.9 Å². The highest BCUT2D eigenvalue weighted by Gasteiger charge is 2.25. The van der Waals surface area contributed by atoms with Gasteiger partial charge in [0.2, 0.25) is 5.91 Å². The van der Waals surface area contributed by atoms with E-state index in [2.05, 4.69) is 18.2 Å². The Hall–Kier alpha value is -0.970. The molecule has 0 aromatic heterocycles. The number of hydrogen-bond donors (Lipinski definition) is 1. The minimum atomic E-state index is 0.0590. The summed E-state index contributed by atoms with van der Waals surface area (Å²) in [6.45, 7) is 6.14. The molecule has 1 aliphatic carbocycles. The Balaban J connectivity index is 2.57. The lowest BCUT2D eigenvalue weighted by atomic mass is 9.81. The fraction of sp³-hybridized carbons (Fsp3) is 0.833. The van der Waals surface area contributed by atoms with Gasteiger partial charge < -0.3 is 5.32 Å². The van der Waals surface area contributed by atoms with E-state index in [1.165, 1.54) is 32.1 Å². The van der Waals surface area contributed by atoms with Gasteiger partial charge in [0, 0.05) is 18.4 Å². The quantitative estimate of drug-likeness (QED) is 0.696. The van der Waals surface area contributed by atoms with Crippen LogP contribution >= 0.6 is 0 Å². The fourth-order valence-electron chi connectivity index (χ4n) is 3.08. The lowest BCUT2D eigenvalue weighted by Gasteiger charge is -2.31. The van der Waals surface area contributed by atoms with Crippen LogP contribution < -0.4 is 5.32 Å². The predicted molar refractivity (Wildman–Crippen MR) is 85.2 cm³/mol. The molecule has 0 bridgehead atoms. The third kappa shape index (κ3) is 5.99. The van der Waals surface area contributed by atoms with E-state index in [-0.39, 0.29) is 11.8 Å². The Morgan fingerprint density at radius 1 is 1.25 bits per heavy atom. The number of amides is 1. The van der Waals surface area contributed by atoms with Crippen LogP contribution in [-0.4, -0.2) is 11.9 Å². The molecule has 1 unspecified atom stereocenters. The van der Waals surface area contributed by atoms with Crippen molar-refractivity contribution >= 4 is 5.91 Å². The molecule has 1 amide bonds. The molecule has 1 fully saturated rings. The minimum Gasteiger partial charge on any atom is -0.353 e. The Morgan fingerprint density at radius 2 is 1.90 bits per heavy atom. The van der Waals surface area contributed by atoms with Gasteiger partial charge >= 0.3 is 0 Å². The van der Waals surface area contributed by atoms with Crippen LogP contribution in [0.1, 0.15) is 72.1 Å². The van der Waals surface area contributed by atoms with Crippen molar-refractivity contribution < 1.29 is 4.79 Å².